The van der Waals surface area contributed by atoms with E-state index in [0.717, 1.165) is 28.3 Å². The van der Waals surface area contributed by atoms with Crippen LogP contribution in [0.15, 0.2) is 42.5 Å². The van der Waals surface area contributed by atoms with Gasteiger partial charge in [0.2, 0.25) is 0 Å². The Bertz CT molecular complexity index is 576. The monoisotopic (exact) mass is 287 g/mol. The smallest absolute Gasteiger partial charge is 0.124 e. The second kappa shape index (κ2) is 6.99. The molecule has 0 radical (unpaired) electrons. The van der Waals surface area contributed by atoms with Crippen molar-refractivity contribution in [3.63, 3.8) is 0 Å². The zero-order valence-electron chi connectivity index (χ0n) is 12.6. The fraction of sp³-hybridized carbons (Fsp3) is 0.294. The van der Waals surface area contributed by atoms with E-state index in [9.17, 15) is 5.11 Å². The fourth-order valence-corrected chi connectivity index (χ4v) is 2.18. The molecule has 2 rings (SSSR count). The van der Waals surface area contributed by atoms with Crippen LogP contribution in [0.1, 0.15) is 24.1 Å². The number of rotatable bonds is 6. The Labute approximate surface area is 125 Å². The van der Waals surface area contributed by atoms with Gasteiger partial charge >= 0.3 is 0 Å². The maximum atomic E-state index is 9.22. The van der Waals surface area contributed by atoms with Gasteiger partial charge in [0, 0.05) is 29.9 Å². The summed E-state index contributed by atoms with van der Waals surface area (Å²) >= 11 is 0. The molecule has 0 amide bonds. The van der Waals surface area contributed by atoms with Gasteiger partial charge in [0.1, 0.15) is 11.5 Å². The van der Waals surface area contributed by atoms with Gasteiger partial charge in [-0.2, -0.15) is 0 Å². The lowest BCUT2D eigenvalue weighted by molar-refractivity contribution is 0.281. The highest BCUT2D eigenvalue weighted by Gasteiger charge is 2.08. The van der Waals surface area contributed by atoms with E-state index in [1.54, 1.807) is 14.2 Å². The number of ether oxygens (including phenoxy) is 2. The van der Waals surface area contributed by atoms with Crippen LogP contribution in [-0.2, 0) is 6.61 Å². The van der Waals surface area contributed by atoms with Crippen molar-refractivity contribution in [3.8, 4) is 11.5 Å². The highest BCUT2D eigenvalue weighted by Crippen LogP contribution is 2.28. The van der Waals surface area contributed by atoms with E-state index in [4.69, 9.17) is 9.47 Å². The van der Waals surface area contributed by atoms with Crippen molar-refractivity contribution < 1.29 is 14.6 Å². The summed E-state index contributed by atoms with van der Waals surface area (Å²) in [5.74, 6) is 1.49. The molecule has 2 aromatic rings. The van der Waals surface area contributed by atoms with Crippen LogP contribution < -0.4 is 14.8 Å². The van der Waals surface area contributed by atoms with Gasteiger partial charge in [-0.05, 0) is 18.1 Å². The number of hydrogen-bond donors (Lipinski definition) is 2. The minimum atomic E-state index is 0.0491. The average Bonchev–Trinajstić information content (AvgIpc) is 2.54. The molecule has 0 saturated carbocycles. The summed E-state index contributed by atoms with van der Waals surface area (Å²) in [5, 5.41) is 12.6. The molecule has 0 fully saturated rings. The summed E-state index contributed by atoms with van der Waals surface area (Å²) in [4.78, 5) is 0. The summed E-state index contributed by atoms with van der Waals surface area (Å²) < 4.78 is 10.5. The lowest BCUT2D eigenvalue weighted by Crippen LogP contribution is -2.07. The molecule has 0 aromatic heterocycles. The molecule has 2 aromatic carbocycles. The molecule has 4 heteroatoms. The molecule has 112 valence electrons. The van der Waals surface area contributed by atoms with Gasteiger partial charge in [-0.3, -0.25) is 0 Å². The molecule has 0 aliphatic heterocycles. The number of aliphatic hydroxyl groups excluding tert-OH is 1. The Balaban J connectivity index is 2.20. The SMILES string of the molecule is COc1cc(NC(C)c2cccc(CO)c2)cc(OC)c1. The molecule has 0 aliphatic rings. The Morgan fingerprint density at radius 1 is 1.05 bits per heavy atom. The summed E-state index contributed by atoms with van der Waals surface area (Å²) in [7, 11) is 3.26. The minimum absolute atomic E-state index is 0.0491. The highest BCUT2D eigenvalue weighted by atomic mass is 16.5. The van der Waals surface area contributed by atoms with Crippen LogP contribution >= 0.6 is 0 Å². The molecule has 2 N–H and O–H groups in total. The lowest BCUT2D eigenvalue weighted by Gasteiger charge is -2.18. The molecule has 1 unspecified atom stereocenters. The number of aliphatic hydroxyl groups is 1. The molecule has 0 saturated heterocycles. The molecule has 1 atom stereocenters. The average molecular weight is 287 g/mol. The molecule has 21 heavy (non-hydrogen) atoms. The molecule has 0 aliphatic carbocycles. The van der Waals surface area contributed by atoms with Crippen LogP contribution in [-0.4, -0.2) is 19.3 Å². The van der Waals surface area contributed by atoms with E-state index in [1.807, 2.05) is 42.5 Å². The quantitative estimate of drug-likeness (QED) is 0.855. The second-order valence-corrected chi connectivity index (χ2v) is 4.87. The van der Waals surface area contributed by atoms with Gasteiger partial charge in [0.15, 0.2) is 0 Å². The van der Waals surface area contributed by atoms with Crippen molar-refractivity contribution >= 4 is 5.69 Å². The van der Waals surface area contributed by atoms with Crippen LogP contribution in [0.25, 0.3) is 0 Å². The molecule has 0 heterocycles. The topological polar surface area (TPSA) is 50.7 Å². The largest absolute Gasteiger partial charge is 0.497 e. The van der Waals surface area contributed by atoms with Gasteiger partial charge in [-0.25, -0.2) is 0 Å². The second-order valence-electron chi connectivity index (χ2n) is 4.87. The summed E-state index contributed by atoms with van der Waals surface area (Å²) in [6.45, 7) is 2.12. The van der Waals surface area contributed by atoms with E-state index in [0.29, 0.717) is 0 Å². The first-order valence-electron chi connectivity index (χ1n) is 6.85. The zero-order valence-corrected chi connectivity index (χ0v) is 12.6. The molecule has 0 bridgehead atoms. The molecule has 4 nitrogen and oxygen atoms in total. The van der Waals surface area contributed by atoms with Crippen molar-refractivity contribution in [2.24, 2.45) is 0 Å². The Morgan fingerprint density at radius 2 is 1.71 bits per heavy atom. The predicted molar refractivity (Wildman–Crippen MR) is 83.9 cm³/mol. The molecular formula is C17H21NO3. The first-order valence-corrected chi connectivity index (χ1v) is 6.85. The highest BCUT2D eigenvalue weighted by molar-refractivity contribution is 5.55. The van der Waals surface area contributed by atoms with Crippen molar-refractivity contribution in [2.45, 2.75) is 19.6 Å². The van der Waals surface area contributed by atoms with Crippen LogP contribution in [0, 0.1) is 0 Å². The van der Waals surface area contributed by atoms with Crippen LogP contribution in [0.3, 0.4) is 0 Å². The number of benzene rings is 2. The van der Waals surface area contributed by atoms with E-state index in [1.165, 1.54) is 0 Å². The van der Waals surface area contributed by atoms with Gasteiger partial charge in [-0.1, -0.05) is 24.3 Å². The number of hydrogen-bond acceptors (Lipinski definition) is 4. The summed E-state index contributed by atoms with van der Waals surface area (Å²) in [6, 6.07) is 13.7. The van der Waals surface area contributed by atoms with E-state index < -0.39 is 0 Å². The van der Waals surface area contributed by atoms with Crippen molar-refractivity contribution in [3.05, 3.63) is 53.6 Å². The molecular weight excluding hydrogens is 266 g/mol. The van der Waals surface area contributed by atoms with Gasteiger partial charge < -0.3 is 19.9 Å². The third kappa shape index (κ3) is 3.89. The zero-order chi connectivity index (χ0) is 15.2. The number of anilines is 1. The minimum Gasteiger partial charge on any atom is -0.497 e. The van der Waals surface area contributed by atoms with Crippen LogP contribution in [0.5, 0.6) is 11.5 Å². The van der Waals surface area contributed by atoms with E-state index in [-0.39, 0.29) is 12.6 Å². The lowest BCUT2D eigenvalue weighted by atomic mass is 10.1. The van der Waals surface area contributed by atoms with Gasteiger partial charge in [-0.15, -0.1) is 0 Å². The van der Waals surface area contributed by atoms with E-state index >= 15 is 0 Å². The summed E-state index contributed by atoms with van der Waals surface area (Å²) in [5.41, 5.74) is 2.95. The van der Waals surface area contributed by atoms with Crippen LogP contribution in [0.2, 0.25) is 0 Å². The Hall–Kier alpha value is -2.20. The van der Waals surface area contributed by atoms with Crippen molar-refractivity contribution in [2.75, 3.05) is 19.5 Å². The molecule has 0 spiro atoms. The maximum absolute atomic E-state index is 9.22. The number of methoxy groups -OCH3 is 2. The standard InChI is InChI=1S/C17H21NO3/c1-12(14-6-4-5-13(7-14)11-19)18-15-8-16(20-2)10-17(9-15)21-3/h4-10,12,18-19H,11H2,1-3H3. The van der Waals surface area contributed by atoms with Crippen molar-refractivity contribution in [1.82, 2.24) is 0 Å². The number of nitrogens with one attached hydrogen (secondary N) is 1. The first-order chi connectivity index (χ1) is 10.2. The third-order valence-electron chi connectivity index (χ3n) is 3.37. The third-order valence-corrected chi connectivity index (χ3v) is 3.37. The van der Waals surface area contributed by atoms with Gasteiger partial charge in [0.05, 0.1) is 20.8 Å². The van der Waals surface area contributed by atoms with E-state index in [2.05, 4.69) is 12.2 Å². The van der Waals surface area contributed by atoms with Crippen molar-refractivity contribution in [1.29, 1.82) is 0 Å². The Kier molecular flexibility index (Phi) is 5.06. The summed E-state index contributed by atoms with van der Waals surface area (Å²) in [6.07, 6.45) is 0. The first kappa shape index (κ1) is 15.2. The normalized spacial score (nSPS) is 11.8. The van der Waals surface area contributed by atoms with Gasteiger partial charge in [0.25, 0.3) is 0 Å². The Morgan fingerprint density at radius 3 is 2.29 bits per heavy atom. The maximum Gasteiger partial charge on any atom is 0.124 e. The fourth-order valence-electron chi connectivity index (χ4n) is 2.18. The van der Waals surface area contributed by atoms with Crippen LogP contribution in [0.4, 0.5) is 5.69 Å². The predicted octanol–water partition coefficient (Wildman–Crippen LogP) is 3.37.